The topological polar surface area (TPSA) is 109 Å². The van der Waals surface area contributed by atoms with Crippen molar-refractivity contribution in [2.45, 2.75) is 18.9 Å². The number of aromatic hydroxyl groups is 1. The van der Waals surface area contributed by atoms with Crippen molar-refractivity contribution in [3.8, 4) is 16.9 Å². The van der Waals surface area contributed by atoms with Crippen molar-refractivity contribution in [3.05, 3.63) is 36.4 Å². The summed E-state index contributed by atoms with van der Waals surface area (Å²) in [6.07, 6.45) is 5.21. The number of rotatable bonds is 3. The summed E-state index contributed by atoms with van der Waals surface area (Å²) in [5, 5.41) is 17.0. The molecule has 0 bridgehead atoms. The quantitative estimate of drug-likeness (QED) is 0.571. The minimum Gasteiger partial charge on any atom is -0.505 e. The molecule has 0 aliphatic carbocycles. The van der Waals surface area contributed by atoms with Crippen molar-refractivity contribution < 1.29 is 9.50 Å². The molecule has 7 nitrogen and oxygen atoms in total. The average molecular weight is 354 g/mol. The van der Waals surface area contributed by atoms with Crippen molar-refractivity contribution in [2.24, 2.45) is 0 Å². The van der Waals surface area contributed by atoms with Gasteiger partial charge in [0.2, 0.25) is 5.95 Å². The summed E-state index contributed by atoms with van der Waals surface area (Å²) in [5.41, 5.74) is 7.83. The molecule has 3 aromatic rings. The molecule has 1 aromatic carbocycles. The highest BCUT2D eigenvalue weighted by molar-refractivity contribution is 5.98. The summed E-state index contributed by atoms with van der Waals surface area (Å²) in [6, 6.07) is 4.45. The Morgan fingerprint density at radius 1 is 1.19 bits per heavy atom. The zero-order valence-corrected chi connectivity index (χ0v) is 14.0. The largest absolute Gasteiger partial charge is 0.505 e. The summed E-state index contributed by atoms with van der Waals surface area (Å²) >= 11 is 0. The second-order valence-electron chi connectivity index (χ2n) is 6.35. The second kappa shape index (κ2) is 6.72. The second-order valence-corrected chi connectivity index (χ2v) is 6.35. The molecule has 0 atom stereocenters. The van der Waals surface area contributed by atoms with Gasteiger partial charge in [-0.25, -0.2) is 19.3 Å². The smallest absolute Gasteiger partial charge is 0.223 e. The van der Waals surface area contributed by atoms with Gasteiger partial charge in [0.15, 0.2) is 11.6 Å². The summed E-state index contributed by atoms with van der Waals surface area (Å²) in [5.74, 6) is -0.259. The molecule has 4 rings (SSSR count). The first-order chi connectivity index (χ1) is 12.6. The first-order valence-corrected chi connectivity index (χ1v) is 8.49. The molecule has 0 spiro atoms. The van der Waals surface area contributed by atoms with Gasteiger partial charge in [-0.3, -0.25) is 0 Å². The summed E-state index contributed by atoms with van der Waals surface area (Å²) < 4.78 is 13.4. The predicted molar refractivity (Wildman–Crippen MR) is 98.3 cm³/mol. The normalized spacial score (nSPS) is 15.3. The fourth-order valence-corrected chi connectivity index (χ4v) is 3.15. The van der Waals surface area contributed by atoms with Crippen LogP contribution in [0.4, 0.5) is 16.2 Å². The number of hydrogen-bond donors (Lipinski definition) is 4. The van der Waals surface area contributed by atoms with E-state index in [-0.39, 0.29) is 0 Å². The summed E-state index contributed by atoms with van der Waals surface area (Å²) in [4.78, 5) is 13.2. The van der Waals surface area contributed by atoms with Crippen LogP contribution in [-0.4, -0.2) is 39.2 Å². The number of benzene rings is 1. The molecule has 1 fully saturated rings. The fraction of sp³-hybridized carbons (Fsp3) is 0.278. The number of halogens is 1. The molecule has 0 amide bonds. The molecule has 0 saturated carbocycles. The van der Waals surface area contributed by atoms with Gasteiger partial charge in [-0.15, -0.1) is 0 Å². The third-order valence-corrected chi connectivity index (χ3v) is 4.58. The summed E-state index contributed by atoms with van der Waals surface area (Å²) in [6.45, 7) is 1.92. The monoisotopic (exact) mass is 354 g/mol. The lowest BCUT2D eigenvalue weighted by Gasteiger charge is -2.23. The van der Waals surface area contributed by atoms with Crippen LogP contribution in [0.1, 0.15) is 12.8 Å². The van der Waals surface area contributed by atoms with E-state index >= 15 is 0 Å². The lowest BCUT2D eigenvalue weighted by atomic mass is 10.0. The van der Waals surface area contributed by atoms with Crippen molar-refractivity contribution >= 4 is 22.7 Å². The van der Waals surface area contributed by atoms with Gasteiger partial charge < -0.3 is 21.5 Å². The number of nitrogens with zero attached hydrogens (tertiary/aromatic N) is 3. The highest BCUT2D eigenvalue weighted by atomic mass is 19.1. The highest BCUT2D eigenvalue weighted by Gasteiger charge is 2.16. The molecule has 0 radical (unpaired) electrons. The Morgan fingerprint density at radius 3 is 2.77 bits per heavy atom. The molecular formula is C18H19FN6O. The van der Waals surface area contributed by atoms with Crippen molar-refractivity contribution in [2.75, 3.05) is 24.1 Å². The summed E-state index contributed by atoms with van der Waals surface area (Å²) in [7, 11) is 0. The Balaban J connectivity index is 1.78. The van der Waals surface area contributed by atoms with Gasteiger partial charge in [-0.2, -0.15) is 0 Å². The van der Waals surface area contributed by atoms with E-state index in [9.17, 15) is 9.50 Å². The van der Waals surface area contributed by atoms with Gasteiger partial charge in [0.25, 0.3) is 0 Å². The van der Waals surface area contributed by atoms with Gasteiger partial charge in [-0.05, 0) is 43.6 Å². The van der Waals surface area contributed by atoms with Gasteiger partial charge >= 0.3 is 0 Å². The van der Waals surface area contributed by atoms with Crippen LogP contribution >= 0.6 is 0 Å². The van der Waals surface area contributed by atoms with Crippen molar-refractivity contribution in [1.29, 1.82) is 0 Å². The van der Waals surface area contributed by atoms with E-state index in [0.717, 1.165) is 25.9 Å². The van der Waals surface area contributed by atoms with Crippen LogP contribution in [0, 0.1) is 5.82 Å². The lowest BCUT2D eigenvalue weighted by molar-refractivity contribution is 0.433. The molecule has 5 N–H and O–H groups in total. The molecule has 8 heteroatoms. The number of aromatic nitrogens is 3. The van der Waals surface area contributed by atoms with Crippen LogP contribution in [0.3, 0.4) is 0 Å². The van der Waals surface area contributed by atoms with E-state index in [0.29, 0.717) is 39.8 Å². The number of phenols is 1. The Labute approximate surface area is 149 Å². The number of hydrogen-bond acceptors (Lipinski definition) is 7. The number of nitrogen functional groups attached to an aromatic ring is 1. The van der Waals surface area contributed by atoms with E-state index in [1.54, 1.807) is 18.5 Å². The van der Waals surface area contributed by atoms with Gasteiger partial charge in [0.1, 0.15) is 5.82 Å². The number of anilines is 2. The van der Waals surface area contributed by atoms with Crippen molar-refractivity contribution in [3.63, 3.8) is 0 Å². The first kappa shape index (κ1) is 16.5. The van der Waals surface area contributed by atoms with Crippen molar-refractivity contribution in [1.82, 2.24) is 20.3 Å². The van der Waals surface area contributed by atoms with Gasteiger partial charge in [0, 0.05) is 24.0 Å². The number of nitrogens with two attached hydrogens (primary N) is 1. The number of piperidine rings is 1. The Morgan fingerprint density at radius 2 is 2.00 bits per heavy atom. The Kier molecular flexibility index (Phi) is 4.26. The van der Waals surface area contributed by atoms with E-state index < -0.39 is 11.6 Å². The van der Waals surface area contributed by atoms with Crippen LogP contribution in [-0.2, 0) is 0 Å². The maximum absolute atomic E-state index is 13.4. The maximum atomic E-state index is 13.4. The molecule has 1 saturated heterocycles. The fourth-order valence-electron chi connectivity index (χ4n) is 3.15. The van der Waals surface area contributed by atoms with E-state index in [2.05, 4.69) is 25.6 Å². The molecule has 0 unspecified atom stereocenters. The number of pyridine rings is 1. The van der Waals surface area contributed by atoms with Crippen LogP contribution in [0.15, 0.2) is 30.6 Å². The molecule has 3 heterocycles. The number of fused-ring (bicyclic) bond motifs is 1. The van der Waals surface area contributed by atoms with Gasteiger partial charge in [-0.1, -0.05) is 6.07 Å². The SMILES string of the molecule is Nc1ncc(-c2ccc(F)c(O)c2)c2nc(NC3CCNCC3)ncc12. The highest BCUT2D eigenvalue weighted by Crippen LogP contribution is 2.32. The third kappa shape index (κ3) is 3.11. The first-order valence-electron chi connectivity index (χ1n) is 8.49. The Hall–Kier alpha value is -3.00. The molecule has 2 aromatic heterocycles. The molecular weight excluding hydrogens is 335 g/mol. The van der Waals surface area contributed by atoms with E-state index in [4.69, 9.17) is 5.73 Å². The van der Waals surface area contributed by atoms with E-state index in [1.165, 1.54) is 12.1 Å². The molecule has 1 aliphatic rings. The van der Waals surface area contributed by atoms with Crippen LogP contribution < -0.4 is 16.4 Å². The maximum Gasteiger partial charge on any atom is 0.223 e. The lowest BCUT2D eigenvalue weighted by Crippen LogP contribution is -2.35. The predicted octanol–water partition coefficient (Wildman–Crippen LogP) is 2.28. The van der Waals surface area contributed by atoms with Crippen LogP contribution in [0.2, 0.25) is 0 Å². The molecule has 26 heavy (non-hydrogen) atoms. The molecule has 134 valence electrons. The van der Waals surface area contributed by atoms with Gasteiger partial charge in [0.05, 0.1) is 10.9 Å². The number of nitrogens with one attached hydrogen (secondary N) is 2. The number of phenolic OH excluding ortho intramolecular Hbond substituents is 1. The zero-order valence-electron chi connectivity index (χ0n) is 14.0. The average Bonchev–Trinajstić information content (AvgIpc) is 2.65. The Bertz CT molecular complexity index is 958. The zero-order chi connectivity index (χ0) is 18.1. The standard InChI is InChI=1S/C18H19FN6O/c19-14-2-1-10(7-15(14)26)12-8-22-17(20)13-9-23-18(25-16(12)13)24-11-3-5-21-6-4-11/h1-2,7-9,11,21,26H,3-6H2,(H2,20,22)(H,23,24,25). The van der Waals surface area contributed by atoms with Crippen LogP contribution in [0.5, 0.6) is 5.75 Å². The molecule has 1 aliphatic heterocycles. The third-order valence-electron chi connectivity index (χ3n) is 4.58. The minimum atomic E-state index is -0.677. The van der Waals surface area contributed by atoms with E-state index in [1.807, 2.05) is 0 Å². The minimum absolute atomic E-state index is 0.311. The van der Waals surface area contributed by atoms with Crippen LogP contribution in [0.25, 0.3) is 22.0 Å².